The molecule has 1 aromatic carbocycles. The lowest BCUT2D eigenvalue weighted by Crippen LogP contribution is -2.08. The van der Waals surface area contributed by atoms with E-state index >= 15 is 0 Å². The molecule has 3 rings (SSSR count). The zero-order chi connectivity index (χ0) is 15.0. The Morgan fingerprint density at radius 2 is 1.86 bits per heavy atom. The van der Waals surface area contributed by atoms with Crippen molar-refractivity contribution in [2.24, 2.45) is 0 Å². The molecule has 1 heterocycles. The molecule has 1 N–H and O–H groups in total. The minimum atomic E-state index is 0.347. The highest BCUT2D eigenvalue weighted by molar-refractivity contribution is 7.71. The van der Waals surface area contributed by atoms with Gasteiger partial charge < -0.3 is 4.98 Å². The van der Waals surface area contributed by atoms with Gasteiger partial charge in [0.1, 0.15) is 10.5 Å². The Morgan fingerprint density at radius 1 is 1.19 bits per heavy atom. The maximum atomic E-state index is 5.41. The van der Waals surface area contributed by atoms with Crippen molar-refractivity contribution in [3.8, 4) is 11.3 Å². The topological polar surface area (TPSA) is 28.7 Å². The first-order valence-corrected chi connectivity index (χ1v) is 8.18. The van der Waals surface area contributed by atoms with Crippen LogP contribution in [0, 0.1) is 11.6 Å². The van der Waals surface area contributed by atoms with E-state index in [-0.39, 0.29) is 0 Å². The van der Waals surface area contributed by atoms with Crippen molar-refractivity contribution in [1.82, 2.24) is 9.97 Å². The molecule has 110 valence electrons. The van der Waals surface area contributed by atoms with E-state index in [1.54, 1.807) is 0 Å². The van der Waals surface area contributed by atoms with Crippen molar-refractivity contribution in [3.63, 3.8) is 0 Å². The molecule has 1 aliphatic rings. The smallest absolute Gasteiger partial charge is 0.133 e. The van der Waals surface area contributed by atoms with Crippen molar-refractivity contribution in [3.05, 3.63) is 45.9 Å². The van der Waals surface area contributed by atoms with Crippen LogP contribution in [0.3, 0.4) is 0 Å². The van der Waals surface area contributed by atoms with Crippen molar-refractivity contribution in [2.45, 2.75) is 51.9 Å². The molecule has 2 nitrogen and oxygen atoms in total. The summed E-state index contributed by atoms with van der Waals surface area (Å²) in [7, 11) is 0. The van der Waals surface area contributed by atoms with Gasteiger partial charge in [0.2, 0.25) is 0 Å². The molecule has 3 heteroatoms. The predicted octanol–water partition coefficient (Wildman–Crippen LogP) is 5.51. The van der Waals surface area contributed by atoms with E-state index in [9.17, 15) is 0 Å². The van der Waals surface area contributed by atoms with Gasteiger partial charge in [-0.25, -0.2) is 4.98 Å². The summed E-state index contributed by atoms with van der Waals surface area (Å²) in [6, 6.07) is 8.96. The minimum Gasteiger partial charge on any atom is -0.343 e. The quantitative estimate of drug-likeness (QED) is 0.757. The van der Waals surface area contributed by atoms with Gasteiger partial charge in [-0.05, 0) is 36.8 Å². The highest BCUT2D eigenvalue weighted by atomic mass is 32.1. The summed E-state index contributed by atoms with van der Waals surface area (Å²) in [5.74, 6) is 2.09. The Labute approximate surface area is 131 Å². The first-order valence-electron chi connectivity index (χ1n) is 7.77. The van der Waals surface area contributed by atoms with Crippen LogP contribution in [-0.2, 0) is 0 Å². The Kier molecular flexibility index (Phi) is 3.94. The molecular weight excluding hydrogens is 276 g/mol. The molecule has 2 aromatic rings. The van der Waals surface area contributed by atoms with Crippen LogP contribution in [0.2, 0.25) is 0 Å². The fraction of sp³-hybridized carbons (Fsp3) is 0.444. The van der Waals surface area contributed by atoms with Crippen LogP contribution >= 0.6 is 12.2 Å². The van der Waals surface area contributed by atoms with Gasteiger partial charge >= 0.3 is 0 Å². The Balaban J connectivity index is 2.00. The summed E-state index contributed by atoms with van der Waals surface area (Å²) < 4.78 is 0.704. The summed E-state index contributed by atoms with van der Waals surface area (Å²) in [5, 5.41) is 0. The average molecular weight is 298 g/mol. The number of benzene rings is 1. The SMILES string of the molecule is Cc1c(-c2ccc(C3CCC3)cc2)[nH]c(C(C)C)nc1=S. The fourth-order valence-electron chi connectivity index (χ4n) is 2.78. The first-order chi connectivity index (χ1) is 10.1. The van der Waals surface area contributed by atoms with Crippen molar-refractivity contribution >= 4 is 12.2 Å². The van der Waals surface area contributed by atoms with E-state index in [1.165, 1.54) is 30.4 Å². The molecule has 0 unspecified atom stereocenters. The van der Waals surface area contributed by atoms with Crippen LogP contribution < -0.4 is 0 Å². The Bertz CT molecular complexity index is 694. The molecular formula is C18H22N2S. The highest BCUT2D eigenvalue weighted by Crippen LogP contribution is 2.37. The van der Waals surface area contributed by atoms with Gasteiger partial charge in [-0.15, -0.1) is 0 Å². The molecule has 0 radical (unpaired) electrons. The molecule has 0 amide bonds. The maximum Gasteiger partial charge on any atom is 0.133 e. The second-order valence-corrected chi connectivity index (χ2v) is 6.72. The number of rotatable bonds is 3. The lowest BCUT2D eigenvalue weighted by atomic mass is 9.80. The summed E-state index contributed by atoms with van der Waals surface area (Å²) >= 11 is 5.41. The molecule has 1 aromatic heterocycles. The number of aromatic nitrogens is 2. The number of aromatic amines is 1. The standard InChI is InChI=1S/C18H22N2S/c1-11(2)17-19-16(12(3)18(21)20-17)15-9-7-14(8-10-15)13-5-4-6-13/h7-11,13H,4-6H2,1-3H3,(H,19,20,21). The number of H-pyrrole nitrogens is 1. The van der Waals surface area contributed by atoms with Crippen LogP contribution in [0.25, 0.3) is 11.3 Å². The molecule has 0 saturated heterocycles. The monoisotopic (exact) mass is 298 g/mol. The zero-order valence-corrected chi connectivity index (χ0v) is 13.8. The molecule has 21 heavy (non-hydrogen) atoms. The molecule has 0 aliphatic heterocycles. The molecule has 1 fully saturated rings. The second-order valence-electron chi connectivity index (χ2n) is 6.33. The molecule has 1 aliphatic carbocycles. The van der Waals surface area contributed by atoms with E-state index in [0.717, 1.165) is 23.0 Å². The number of nitrogens with zero attached hydrogens (tertiary/aromatic N) is 1. The molecule has 0 spiro atoms. The number of hydrogen-bond donors (Lipinski definition) is 1. The van der Waals surface area contributed by atoms with Crippen LogP contribution in [-0.4, -0.2) is 9.97 Å². The van der Waals surface area contributed by atoms with E-state index in [2.05, 4.69) is 48.1 Å². The third-order valence-electron chi connectivity index (χ3n) is 4.49. The van der Waals surface area contributed by atoms with Crippen LogP contribution in [0.1, 0.15) is 61.9 Å². The van der Waals surface area contributed by atoms with Crippen LogP contribution in [0.5, 0.6) is 0 Å². The largest absolute Gasteiger partial charge is 0.343 e. The van der Waals surface area contributed by atoms with Gasteiger partial charge in [0.05, 0.1) is 5.69 Å². The van der Waals surface area contributed by atoms with Crippen LogP contribution in [0.15, 0.2) is 24.3 Å². The summed E-state index contributed by atoms with van der Waals surface area (Å²) in [5.41, 5.74) is 4.84. The summed E-state index contributed by atoms with van der Waals surface area (Å²) in [6.07, 6.45) is 4.06. The molecule has 1 saturated carbocycles. The van der Waals surface area contributed by atoms with Gasteiger partial charge in [-0.1, -0.05) is 56.8 Å². The van der Waals surface area contributed by atoms with Crippen LogP contribution in [0.4, 0.5) is 0 Å². The highest BCUT2D eigenvalue weighted by Gasteiger charge is 2.19. The lowest BCUT2D eigenvalue weighted by Gasteiger charge is -2.25. The normalized spacial score (nSPS) is 15.2. The van der Waals surface area contributed by atoms with Crippen molar-refractivity contribution < 1.29 is 0 Å². The van der Waals surface area contributed by atoms with E-state index < -0.39 is 0 Å². The Hall–Kier alpha value is -1.48. The Morgan fingerprint density at radius 3 is 2.38 bits per heavy atom. The van der Waals surface area contributed by atoms with Gasteiger partial charge in [0.25, 0.3) is 0 Å². The lowest BCUT2D eigenvalue weighted by molar-refractivity contribution is 0.420. The van der Waals surface area contributed by atoms with Gasteiger partial charge in [0, 0.05) is 11.5 Å². The van der Waals surface area contributed by atoms with Gasteiger partial charge in [-0.2, -0.15) is 0 Å². The third kappa shape index (κ3) is 2.80. The predicted molar refractivity (Wildman–Crippen MR) is 90.3 cm³/mol. The summed E-state index contributed by atoms with van der Waals surface area (Å²) in [4.78, 5) is 7.95. The van der Waals surface area contributed by atoms with Gasteiger partial charge in [-0.3, -0.25) is 0 Å². The first kappa shape index (κ1) is 14.5. The summed E-state index contributed by atoms with van der Waals surface area (Å²) in [6.45, 7) is 6.31. The van der Waals surface area contributed by atoms with Crippen molar-refractivity contribution in [2.75, 3.05) is 0 Å². The van der Waals surface area contributed by atoms with Crippen molar-refractivity contribution in [1.29, 1.82) is 0 Å². The minimum absolute atomic E-state index is 0.347. The average Bonchev–Trinajstić information content (AvgIpc) is 2.40. The molecule has 0 bridgehead atoms. The second kappa shape index (κ2) is 5.72. The zero-order valence-electron chi connectivity index (χ0n) is 12.9. The van der Waals surface area contributed by atoms with Gasteiger partial charge in [0.15, 0.2) is 0 Å². The number of hydrogen-bond acceptors (Lipinski definition) is 2. The maximum absolute atomic E-state index is 5.41. The van der Waals surface area contributed by atoms with E-state index in [4.69, 9.17) is 12.2 Å². The third-order valence-corrected chi connectivity index (χ3v) is 4.89. The molecule has 0 atom stereocenters. The van der Waals surface area contributed by atoms with E-state index in [1.807, 2.05) is 6.92 Å². The van der Waals surface area contributed by atoms with E-state index in [0.29, 0.717) is 10.6 Å². The fourth-order valence-corrected chi connectivity index (χ4v) is 2.98. The number of nitrogens with one attached hydrogen (secondary N) is 1.